The topological polar surface area (TPSA) is 62.8 Å². The van der Waals surface area contributed by atoms with Gasteiger partial charge < -0.3 is 10.1 Å². The van der Waals surface area contributed by atoms with Crippen LogP contribution in [0.5, 0.6) is 0 Å². The van der Waals surface area contributed by atoms with Crippen LogP contribution in [0.25, 0.3) is 0 Å². The molecule has 80 valence electrons. The van der Waals surface area contributed by atoms with Crippen LogP contribution in [0.15, 0.2) is 6.20 Å². The lowest BCUT2D eigenvalue weighted by Crippen LogP contribution is -2.25. The van der Waals surface area contributed by atoms with Crippen LogP contribution in [-0.2, 0) is 4.74 Å². The Morgan fingerprint density at radius 2 is 2.43 bits per heavy atom. The second-order valence-corrected chi connectivity index (χ2v) is 3.08. The molecule has 0 saturated heterocycles. The third-order valence-corrected chi connectivity index (χ3v) is 1.87. The van der Waals surface area contributed by atoms with Gasteiger partial charge in [-0.1, -0.05) is 13.8 Å². The predicted octanol–water partition coefficient (Wildman–Crippen LogP) is 0.882. The number of hydrogen-bond donors (Lipinski definition) is 2. The van der Waals surface area contributed by atoms with Crippen LogP contribution < -0.4 is 5.32 Å². The minimum Gasteiger partial charge on any atom is -0.379 e. The minimum absolute atomic E-state index is 0.144. The molecule has 0 spiro atoms. The first-order chi connectivity index (χ1) is 6.88. The van der Waals surface area contributed by atoms with Gasteiger partial charge in [0.25, 0.3) is 0 Å². The molecular formula is C9H18N4O. The standard InChI is InChI=1S/C9H18N4O/c1-3-5-14-7-9(10-4-2)8-6-11-13-12-8/h6,9-10H,3-5,7H2,1-2H3,(H,11,12,13). The number of hydrogen-bond acceptors (Lipinski definition) is 4. The number of H-pyrrole nitrogens is 1. The normalized spacial score (nSPS) is 13.0. The van der Waals surface area contributed by atoms with Crippen molar-refractivity contribution in [2.75, 3.05) is 19.8 Å². The van der Waals surface area contributed by atoms with Crippen LogP contribution in [0.4, 0.5) is 0 Å². The van der Waals surface area contributed by atoms with E-state index in [-0.39, 0.29) is 6.04 Å². The Balaban J connectivity index is 2.39. The van der Waals surface area contributed by atoms with E-state index in [4.69, 9.17) is 4.74 Å². The second kappa shape index (κ2) is 6.50. The summed E-state index contributed by atoms with van der Waals surface area (Å²) in [5, 5.41) is 13.7. The van der Waals surface area contributed by atoms with Crippen LogP contribution >= 0.6 is 0 Å². The highest BCUT2D eigenvalue weighted by Gasteiger charge is 2.12. The Morgan fingerprint density at radius 3 is 3.00 bits per heavy atom. The number of nitrogens with zero attached hydrogens (tertiary/aromatic N) is 2. The zero-order valence-electron chi connectivity index (χ0n) is 8.79. The molecular weight excluding hydrogens is 180 g/mol. The van der Waals surface area contributed by atoms with Gasteiger partial charge in [-0.3, -0.25) is 0 Å². The molecule has 0 radical (unpaired) electrons. The van der Waals surface area contributed by atoms with Crippen molar-refractivity contribution in [3.63, 3.8) is 0 Å². The average Bonchev–Trinajstić information content (AvgIpc) is 2.70. The Morgan fingerprint density at radius 1 is 1.57 bits per heavy atom. The molecule has 14 heavy (non-hydrogen) atoms. The summed E-state index contributed by atoms with van der Waals surface area (Å²) < 4.78 is 5.48. The van der Waals surface area contributed by atoms with E-state index < -0.39 is 0 Å². The Bertz CT molecular complexity index is 225. The SMILES string of the molecule is CCCOCC(NCC)c1cn[nH]n1. The molecule has 2 N–H and O–H groups in total. The van der Waals surface area contributed by atoms with Gasteiger partial charge in [-0.15, -0.1) is 0 Å². The molecule has 0 saturated carbocycles. The van der Waals surface area contributed by atoms with Crippen LogP contribution in [0, 0.1) is 0 Å². The second-order valence-electron chi connectivity index (χ2n) is 3.08. The van der Waals surface area contributed by atoms with Gasteiger partial charge in [-0.2, -0.15) is 15.4 Å². The largest absolute Gasteiger partial charge is 0.379 e. The molecule has 0 aromatic carbocycles. The summed E-state index contributed by atoms with van der Waals surface area (Å²) in [5.41, 5.74) is 0.906. The van der Waals surface area contributed by atoms with E-state index in [2.05, 4.69) is 34.6 Å². The summed E-state index contributed by atoms with van der Waals surface area (Å²) in [5.74, 6) is 0. The van der Waals surface area contributed by atoms with Gasteiger partial charge in [0.05, 0.1) is 18.8 Å². The van der Waals surface area contributed by atoms with Crippen molar-refractivity contribution < 1.29 is 4.74 Å². The Hall–Kier alpha value is -0.940. The maximum Gasteiger partial charge on any atom is 0.102 e. The first-order valence-corrected chi connectivity index (χ1v) is 5.05. The molecule has 5 heteroatoms. The van der Waals surface area contributed by atoms with Gasteiger partial charge in [0.2, 0.25) is 0 Å². The first kappa shape index (κ1) is 11.1. The number of likely N-dealkylation sites (N-methyl/N-ethyl adjacent to an activating group) is 1. The number of ether oxygens (including phenoxy) is 1. The van der Waals surface area contributed by atoms with E-state index in [0.29, 0.717) is 6.61 Å². The van der Waals surface area contributed by atoms with E-state index in [1.165, 1.54) is 0 Å². The maximum atomic E-state index is 5.48. The number of rotatable bonds is 7. The molecule has 0 aliphatic carbocycles. The maximum absolute atomic E-state index is 5.48. The molecule has 0 aliphatic rings. The highest BCUT2D eigenvalue weighted by atomic mass is 16.5. The van der Waals surface area contributed by atoms with Crippen LogP contribution in [0.3, 0.4) is 0 Å². The van der Waals surface area contributed by atoms with Crippen molar-refractivity contribution in [1.29, 1.82) is 0 Å². The van der Waals surface area contributed by atoms with E-state index in [0.717, 1.165) is 25.3 Å². The molecule has 1 unspecified atom stereocenters. The fourth-order valence-electron chi connectivity index (χ4n) is 1.22. The Labute approximate surface area is 84.2 Å². The average molecular weight is 198 g/mol. The summed E-state index contributed by atoms with van der Waals surface area (Å²) >= 11 is 0. The third-order valence-electron chi connectivity index (χ3n) is 1.87. The van der Waals surface area contributed by atoms with Crippen molar-refractivity contribution in [3.05, 3.63) is 11.9 Å². The van der Waals surface area contributed by atoms with E-state index in [1.54, 1.807) is 6.20 Å². The lowest BCUT2D eigenvalue weighted by molar-refractivity contribution is 0.111. The van der Waals surface area contributed by atoms with Crippen molar-refractivity contribution in [3.8, 4) is 0 Å². The van der Waals surface area contributed by atoms with Crippen LogP contribution in [0.2, 0.25) is 0 Å². The van der Waals surface area contributed by atoms with Gasteiger partial charge in [0.1, 0.15) is 5.69 Å². The molecule has 1 aromatic heterocycles. The molecule has 0 fully saturated rings. The Kier molecular flexibility index (Phi) is 5.17. The smallest absolute Gasteiger partial charge is 0.102 e. The lowest BCUT2D eigenvalue weighted by atomic mass is 10.2. The van der Waals surface area contributed by atoms with Crippen molar-refractivity contribution in [2.24, 2.45) is 0 Å². The third kappa shape index (κ3) is 3.43. The van der Waals surface area contributed by atoms with Crippen molar-refractivity contribution in [1.82, 2.24) is 20.7 Å². The quantitative estimate of drug-likeness (QED) is 0.638. The minimum atomic E-state index is 0.144. The summed E-state index contributed by atoms with van der Waals surface area (Å²) in [6, 6.07) is 0.144. The van der Waals surface area contributed by atoms with Crippen LogP contribution in [0.1, 0.15) is 32.0 Å². The molecule has 0 aliphatic heterocycles. The van der Waals surface area contributed by atoms with Crippen molar-refractivity contribution in [2.45, 2.75) is 26.3 Å². The number of aromatic nitrogens is 3. The van der Waals surface area contributed by atoms with E-state index >= 15 is 0 Å². The fourth-order valence-corrected chi connectivity index (χ4v) is 1.22. The zero-order valence-corrected chi connectivity index (χ0v) is 8.79. The van der Waals surface area contributed by atoms with Gasteiger partial charge in [0.15, 0.2) is 0 Å². The van der Waals surface area contributed by atoms with Gasteiger partial charge in [-0.25, -0.2) is 0 Å². The molecule has 1 heterocycles. The monoisotopic (exact) mass is 198 g/mol. The van der Waals surface area contributed by atoms with Gasteiger partial charge in [0, 0.05) is 6.61 Å². The highest BCUT2D eigenvalue weighted by Crippen LogP contribution is 2.07. The molecule has 0 bridgehead atoms. The lowest BCUT2D eigenvalue weighted by Gasteiger charge is -2.14. The molecule has 1 aromatic rings. The number of aromatic amines is 1. The summed E-state index contributed by atoms with van der Waals surface area (Å²) in [7, 11) is 0. The van der Waals surface area contributed by atoms with Crippen molar-refractivity contribution >= 4 is 0 Å². The van der Waals surface area contributed by atoms with Gasteiger partial charge >= 0.3 is 0 Å². The zero-order chi connectivity index (χ0) is 10.2. The van der Waals surface area contributed by atoms with Gasteiger partial charge in [-0.05, 0) is 13.0 Å². The number of nitrogens with one attached hydrogen (secondary N) is 2. The first-order valence-electron chi connectivity index (χ1n) is 5.05. The summed E-state index contributed by atoms with van der Waals surface area (Å²) in [6.45, 7) is 6.49. The van der Waals surface area contributed by atoms with E-state index in [9.17, 15) is 0 Å². The molecule has 1 rings (SSSR count). The van der Waals surface area contributed by atoms with Crippen LogP contribution in [-0.4, -0.2) is 35.2 Å². The predicted molar refractivity (Wildman–Crippen MR) is 53.9 cm³/mol. The molecule has 5 nitrogen and oxygen atoms in total. The summed E-state index contributed by atoms with van der Waals surface area (Å²) in [4.78, 5) is 0. The fraction of sp³-hybridized carbons (Fsp3) is 0.778. The highest BCUT2D eigenvalue weighted by molar-refractivity contribution is 4.99. The molecule has 1 atom stereocenters. The summed E-state index contributed by atoms with van der Waals surface area (Å²) in [6.07, 6.45) is 2.76. The van der Waals surface area contributed by atoms with E-state index in [1.807, 2.05) is 0 Å². The molecule has 0 amide bonds.